The molecule has 0 aliphatic heterocycles. The number of rotatable bonds is 3. The van der Waals surface area contributed by atoms with Crippen molar-refractivity contribution in [3.8, 4) is 0 Å². The molecule has 1 aromatic carbocycles. The predicted molar refractivity (Wildman–Crippen MR) is 57.0 cm³/mol. The van der Waals surface area contributed by atoms with Crippen LogP contribution in [0.25, 0.3) is 10.4 Å². The van der Waals surface area contributed by atoms with Gasteiger partial charge in [0.25, 0.3) is 0 Å². The van der Waals surface area contributed by atoms with Gasteiger partial charge in [-0.15, -0.1) is 0 Å². The van der Waals surface area contributed by atoms with Crippen LogP contribution in [-0.4, -0.2) is 0 Å². The van der Waals surface area contributed by atoms with Crippen molar-refractivity contribution >= 4 is 0 Å². The van der Waals surface area contributed by atoms with Crippen molar-refractivity contribution in [2.45, 2.75) is 33.2 Å². The Bertz CT molecular complexity index is 365. The number of aryl methyl sites for hydroxylation is 2. The molecule has 1 atom stereocenters. The summed E-state index contributed by atoms with van der Waals surface area (Å²) >= 11 is 0. The molecule has 73 valence electrons. The van der Waals surface area contributed by atoms with Gasteiger partial charge < -0.3 is 0 Å². The molecule has 1 aromatic rings. The standard InChI is InChI=1S/C11H14N3/c1-4-10-6-5-8(2)11(7-10)9(3)13-14-12/h5,7,9H,4H2,1-3H3. The average molecular weight is 188 g/mol. The summed E-state index contributed by atoms with van der Waals surface area (Å²) < 4.78 is 0. The third-order valence-corrected chi connectivity index (χ3v) is 2.31. The maximum absolute atomic E-state index is 8.37. The SMILES string of the molecule is CCc1[c]cc(C)c(C(C)N=[N+]=[N-])c1. The highest BCUT2D eigenvalue weighted by molar-refractivity contribution is 5.32. The van der Waals surface area contributed by atoms with Gasteiger partial charge >= 0.3 is 0 Å². The maximum atomic E-state index is 8.37. The van der Waals surface area contributed by atoms with Gasteiger partial charge in [0.15, 0.2) is 0 Å². The molecule has 0 aliphatic rings. The third kappa shape index (κ3) is 2.27. The van der Waals surface area contributed by atoms with Gasteiger partial charge in [-0.2, -0.15) is 0 Å². The van der Waals surface area contributed by atoms with Crippen molar-refractivity contribution < 1.29 is 0 Å². The molecular formula is C11H14N3. The van der Waals surface area contributed by atoms with Gasteiger partial charge in [-0.1, -0.05) is 31.1 Å². The van der Waals surface area contributed by atoms with Crippen molar-refractivity contribution in [3.05, 3.63) is 45.3 Å². The second-order valence-electron chi connectivity index (χ2n) is 3.33. The minimum absolute atomic E-state index is 0.0973. The summed E-state index contributed by atoms with van der Waals surface area (Å²) in [5.74, 6) is 0. The Balaban J connectivity index is 3.11. The van der Waals surface area contributed by atoms with E-state index in [4.69, 9.17) is 5.53 Å². The van der Waals surface area contributed by atoms with Gasteiger partial charge in [0.2, 0.25) is 0 Å². The molecule has 0 saturated carbocycles. The van der Waals surface area contributed by atoms with Crippen LogP contribution < -0.4 is 0 Å². The van der Waals surface area contributed by atoms with E-state index in [1.54, 1.807) is 0 Å². The zero-order valence-corrected chi connectivity index (χ0v) is 8.78. The second-order valence-corrected chi connectivity index (χ2v) is 3.33. The summed E-state index contributed by atoms with van der Waals surface area (Å²) in [4.78, 5) is 2.82. The Kier molecular flexibility index (Phi) is 3.55. The van der Waals surface area contributed by atoms with Gasteiger partial charge in [0.1, 0.15) is 0 Å². The number of benzene rings is 1. The van der Waals surface area contributed by atoms with Crippen molar-refractivity contribution in [1.29, 1.82) is 0 Å². The first kappa shape index (κ1) is 10.6. The first-order chi connectivity index (χ1) is 6.69. The van der Waals surface area contributed by atoms with Crippen LogP contribution in [0, 0.1) is 13.0 Å². The minimum atomic E-state index is -0.0973. The van der Waals surface area contributed by atoms with E-state index in [9.17, 15) is 0 Å². The van der Waals surface area contributed by atoms with E-state index in [1.165, 1.54) is 0 Å². The second kappa shape index (κ2) is 4.68. The summed E-state index contributed by atoms with van der Waals surface area (Å²) in [7, 11) is 0. The van der Waals surface area contributed by atoms with E-state index in [2.05, 4.69) is 29.1 Å². The first-order valence-corrected chi connectivity index (χ1v) is 4.74. The van der Waals surface area contributed by atoms with Crippen molar-refractivity contribution in [2.24, 2.45) is 5.11 Å². The van der Waals surface area contributed by atoms with Gasteiger partial charge in [0.05, 0.1) is 6.04 Å². The summed E-state index contributed by atoms with van der Waals surface area (Å²) in [6.45, 7) is 6.00. The molecule has 1 radical (unpaired) electrons. The van der Waals surface area contributed by atoms with E-state index in [1.807, 2.05) is 19.9 Å². The fourth-order valence-corrected chi connectivity index (χ4v) is 1.42. The topological polar surface area (TPSA) is 48.8 Å². The van der Waals surface area contributed by atoms with Crippen LogP contribution in [0.3, 0.4) is 0 Å². The van der Waals surface area contributed by atoms with E-state index in [0.717, 1.165) is 23.1 Å². The molecule has 0 N–H and O–H groups in total. The van der Waals surface area contributed by atoms with Crippen molar-refractivity contribution in [1.82, 2.24) is 0 Å². The van der Waals surface area contributed by atoms with E-state index >= 15 is 0 Å². The number of nitrogens with zero attached hydrogens (tertiary/aromatic N) is 3. The molecule has 3 nitrogen and oxygen atoms in total. The number of azide groups is 1. The van der Waals surface area contributed by atoms with Crippen molar-refractivity contribution in [3.63, 3.8) is 0 Å². The Labute approximate surface area is 84.4 Å². The van der Waals surface area contributed by atoms with Gasteiger partial charge in [-0.25, -0.2) is 0 Å². The van der Waals surface area contributed by atoms with E-state index < -0.39 is 0 Å². The zero-order chi connectivity index (χ0) is 10.6. The van der Waals surface area contributed by atoms with Crippen LogP contribution in [-0.2, 0) is 6.42 Å². The highest BCUT2D eigenvalue weighted by Gasteiger charge is 2.06. The van der Waals surface area contributed by atoms with Crippen LogP contribution >= 0.6 is 0 Å². The quantitative estimate of drug-likeness (QED) is 0.394. The lowest BCUT2D eigenvalue weighted by Crippen LogP contribution is -1.94. The van der Waals surface area contributed by atoms with Crippen LogP contribution in [0.1, 0.15) is 36.6 Å². The molecule has 0 fully saturated rings. The fraction of sp³-hybridized carbons (Fsp3) is 0.455. The Morgan fingerprint density at radius 1 is 1.64 bits per heavy atom. The Morgan fingerprint density at radius 3 is 2.93 bits per heavy atom. The van der Waals surface area contributed by atoms with Gasteiger partial charge in [0, 0.05) is 4.91 Å². The lowest BCUT2D eigenvalue weighted by Gasteiger charge is -2.10. The largest absolute Gasteiger partial charge is 0.0862 e. The molecule has 14 heavy (non-hydrogen) atoms. The number of hydrogen-bond donors (Lipinski definition) is 0. The molecule has 0 amide bonds. The van der Waals surface area contributed by atoms with Crippen LogP contribution in [0.2, 0.25) is 0 Å². The molecule has 0 aliphatic carbocycles. The monoisotopic (exact) mass is 188 g/mol. The number of hydrogen-bond acceptors (Lipinski definition) is 1. The summed E-state index contributed by atoms with van der Waals surface area (Å²) in [6.07, 6.45) is 0.955. The third-order valence-electron chi connectivity index (χ3n) is 2.31. The van der Waals surface area contributed by atoms with Gasteiger partial charge in [-0.05, 0) is 41.6 Å². The summed E-state index contributed by atoms with van der Waals surface area (Å²) in [5.41, 5.74) is 11.7. The lowest BCUT2D eigenvalue weighted by molar-refractivity contribution is 0.797. The maximum Gasteiger partial charge on any atom is 0.0599 e. The lowest BCUT2D eigenvalue weighted by atomic mass is 9.99. The van der Waals surface area contributed by atoms with Crippen LogP contribution in [0.5, 0.6) is 0 Å². The molecule has 0 aromatic heterocycles. The smallest absolute Gasteiger partial charge is 0.0599 e. The fourth-order valence-electron chi connectivity index (χ4n) is 1.42. The molecule has 1 rings (SSSR count). The summed E-state index contributed by atoms with van der Waals surface area (Å²) in [5, 5.41) is 3.70. The van der Waals surface area contributed by atoms with E-state index in [-0.39, 0.29) is 6.04 Å². The molecule has 0 heterocycles. The first-order valence-electron chi connectivity index (χ1n) is 4.74. The highest BCUT2D eigenvalue weighted by atomic mass is 15.1. The van der Waals surface area contributed by atoms with Crippen LogP contribution in [0.15, 0.2) is 17.2 Å². The zero-order valence-electron chi connectivity index (χ0n) is 8.78. The molecule has 0 bridgehead atoms. The molecule has 3 heteroatoms. The van der Waals surface area contributed by atoms with E-state index in [0.29, 0.717) is 0 Å². The molecular weight excluding hydrogens is 174 g/mol. The van der Waals surface area contributed by atoms with Crippen LogP contribution in [0.4, 0.5) is 0 Å². The Morgan fingerprint density at radius 2 is 2.36 bits per heavy atom. The highest BCUT2D eigenvalue weighted by Crippen LogP contribution is 2.22. The minimum Gasteiger partial charge on any atom is -0.0862 e. The molecule has 0 spiro atoms. The average Bonchev–Trinajstić information content (AvgIpc) is 2.19. The predicted octanol–water partition coefficient (Wildman–Crippen LogP) is 3.73. The van der Waals surface area contributed by atoms with Crippen molar-refractivity contribution in [2.75, 3.05) is 0 Å². The van der Waals surface area contributed by atoms with Gasteiger partial charge in [-0.3, -0.25) is 0 Å². The normalized spacial score (nSPS) is 11.9. The molecule has 0 saturated heterocycles. The Hall–Kier alpha value is -1.47. The summed E-state index contributed by atoms with van der Waals surface area (Å²) in [6, 6.07) is 7.11. The molecule has 1 unspecified atom stereocenters.